The molecule has 1 aromatic heterocycles. The predicted molar refractivity (Wildman–Crippen MR) is 61.4 cm³/mol. The molecular formula is C11H7ClFNOS. The van der Waals surface area contributed by atoms with E-state index in [-0.39, 0.29) is 15.8 Å². The van der Waals surface area contributed by atoms with Crippen molar-refractivity contribution in [2.24, 2.45) is 0 Å². The summed E-state index contributed by atoms with van der Waals surface area (Å²) < 4.78 is 13.4. The molecule has 2 nitrogen and oxygen atoms in total. The Balaban J connectivity index is 2.31. The normalized spacial score (nSPS) is 10.4. The van der Waals surface area contributed by atoms with Gasteiger partial charge in [0.1, 0.15) is 10.8 Å². The minimum absolute atomic E-state index is 0.101. The molecule has 0 aliphatic heterocycles. The second-order valence-electron chi connectivity index (χ2n) is 3.01. The number of aromatic nitrogens is 1. The summed E-state index contributed by atoms with van der Waals surface area (Å²) in [5.41, 5.74) is 0. The Hall–Kier alpha value is -1.26. The van der Waals surface area contributed by atoms with Crippen LogP contribution in [0.25, 0.3) is 0 Å². The Kier molecular flexibility index (Phi) is 3.31. The first-order valence-electron chi connectivity index (χ1n) is 4.44. The van der Waals surface area contributed by atoms with Crippen molar-refractivity contribution in [3.05, 3.63) is 47.4 Å². The Labute approximate surface area is 101 Å². The Morgan fingerprint density at radius 1 is 1.31 bits per heavy atom. The maximum atomic E-state index is 13.4. The molecule has 1 aromatic carbocycles. The summed E-state index contributed by atoms with van der Waals surface area (Å²) in [6.45, 7) is 0. The van der Waals surface area contributed by atoms with Crippen molar-refractivity contribution in [2.45, 2.75) is 9.92 Å². The van der Waals surface area contributed by atoms with E-state index in [9.17, 15) is 9.50 Å². The number of benzene rings is 1. The van der Waals surface area contributed by atoms with Crippen LogP contribution >= 0.6 is 23.4 Å². The molecule has 82 valence electrons. The Bertz CT molecular complexity index is 521. The van der Waals surface area contributed by atoms with E-state index in [1.54, 1.807) is 18.2 Å². The molecule has 0 saturated heterocycles. The molecule has 0 amide bonds. The van der Waals surface area contributed by atoms with Crippen LogP contribution in [0.3, 0.4) is 0 Å². The summed E-state index contributed by atoms with van der Waals surface area (Å²) in [5.74, 6) is -0.399. The van der Waals surface area contributed by atoms with Crippen molar-refractivity contribution < 1.29 is 9.50 Å². The third kappa shape index (κ3) is 2.46. The summed E-state index contributed by atoms with van der Waals surface area (Å²) in [4.78, 5) is 4.41. The van der Waals surface area contributed by atoms with E-state index in [1.165, 1.54) is 18.3 Å². The van der Waals surface area contributed by atoms with Gasteiger partial charge in [0, 0.05) is 6.20 Å². The van der Waals surface area contributed by atoms with Gasteiger partial charge in [-0.1, -0.05) is 35.5 Å². The van der Waals surface area contributed by atoms with Gasteiger partial charge in [0.15, 0.2) is 5.82 Å². The van der Waals surface area contributed by atoms with E-state index in [1.807, 2.05) is 0 Å². The van der Waals surface area contributed by atoms with Gasteiger partial charge in [0.25, 0.3) is 0 Å². The highest BCUT2D eigenvalue weighted by Crippen LogP contribution is 2.34. The minimum Gasteiger partial charge on any atom is -0.507 e. The lowest BCUT2D eigenvalue weighted by Crippen LogP contribution is -1.86. The maximum absolute atomic E-state index is 13.4. The van der Waals surface area contributed by atoms with Gasteiger partial charge < -0.3 is 5.11 Å². The van der Waals surface area contributed by atoms with Crippen LogP contribution in [0.1, 0.15) is 0 Å². The van der Waals surface area contributed by atoms with Crippen LogP contribution in [-0.4, -0.2) is 10.1 Å². The average molecular weight is 256 g/mol. The zero-order valence-electron chi connectivity index (χ0n) is 8.02. The van der Waals surface area contributed by atoms with Crippen molar-refractivity contribution >= 4 is 23.4 Å². The highest BCUT2D eigenvalue weighted by molar-refractivity contribution is 7.99. The van der Waals surface area contributed by atoms with Gasteiger partial charge in [-0.05, 0) is 18.2 Å². The molecule has 1 N–H and O–H groups in total. The summed E-state index contributed by atoms with van der Waals surface area (Å²) >= 11 is 6.64. The van der Waals surface area contributed by atoms with E-state index in [0.717, 1.165) is 11.8 Å². The summed E-state index contributed by atoms with van der Waals surface area (Å²) in [7, 11) is 0. The number of nitrogens with zero attached hydrogens (tertiary/aromatic N) is 1. The molecule has 0 atom stereocenters. The first-order chi connectivity index (χ1) is 7.66. The smallest absolute Gasteiger partial charge is 0.157 e. The highest BCUT2D eigenvalue weighted by Gasteiger charge is 2.09. The third-order valence-corrected chi connectivity index (χ3v) is 3.11. The molecule has 2 rings (SSSR count). The van der Waals surface area contributed by atoms with Crippen molar-refractivity contribution in [2.75, 3.05) is 0 Å². The van der Waals surface area contributed by atoms with Gasteiger partial charge in [-0.2, -0.15) is 0 Å². The molecule has 0 unspecified atom stereocenters. The average Bonchev–Trinajstić information content (AvgIpc) is 2.25. The molecular weight excluding hydrogens is 249 g/mol. The lowest BCUT2D eigenvalue weighted by molar-refractivity contribution is 0.462. The highest BCUT2D eigenvalue weighted by atomic mass is 35.5. The first-order valence-corrected chi connectivity index (χ1v) is 5.63. The van der Waals surface area contributed by atoms with Gasteiger partial charge in [-0.25, -0.2) is 9.37 Å². The molecule has 5 heteroatoms. The molecule has 2 aromatic rings. The summed E-state index contributed by atoms with van der Waals surface area (Å²) in [6.07, 6.45) is 1.37. The topological polar surface area (TPSA) is 33.1 Å². The van der Waals surface area contributed by atoms with Gasteiger partial charge in [0.05, 0.1) is 9.92 Å². The zero-order valence-corrected chi connectivity index (χ0v) is 9.60. The second-order valence-corrected chi connectivity index (χ2v) is 4.48. The van der Waals surface area contributed by atoms with Crippen LogP contribution in [0, 0.1) is 5.82 Å². The number of phenols is 1. The number of para-hydroxylation sites is 1. The monoisotopic (exact) mass is 255 g/mol. The SMILES string of the molecule is Oc1ccccc1Sc1ncc(Cl)cc1F. The minimum atomic E-state index is -0.499. The van der Waals surface area contributed by atoms with Crippen molar-refractivity contribution in [3.63, 3.8) is 0 Å². The fourth-order valence-electron chi connectivity index (χ4n) is 1.12. The van der Waals surface area contributed by atoms with Crippen LogP contribution in [0.15, 0.2) is 46.5 Å². The third-order valence-electron chi connectivity index (χ3n) is 1.85. The molecule has 0 saturated carbocycles. The molecule has 0 aliphatic carbocycles. The zero-order chi connectivity index (χ0) is 11.5. The van der Waals surface area contributed by atoms with E-state index < -0.39 is 5.82 Å². The van der Waals surface area contributed by atoms with Crippen LogP contribution in [0.4, 0.5) is 4.39 Å². The van der Waals surface area contributed by atoms with Crippen LogP contribution in [-0.2, 0) is 0 Å². The lowest BCUT2D eigenvalue weighted by Gasteiger charge is -2.04. The van der Waals surface area contributed by atoms with Crippen molar-refractivity contribution in [3.8, 4) is 5.75 Å². The van der Waals surface area contributed by atoms with E-state index in [4.69, 9.17) is 11.6 Å². The van der Waals surface area contributed by atoms with Gasteiger partial charge in [-0.3, -0.25) is 0 Å². The lowest BCUT2D eigenvalue weighted by atomic mass is 10.3. The standard InChI is InChI=1S/C11H7ClFNOS/c12-7-5-8(13)11(14-6-7)16-10-4-2-1-3-9(10)15/h1-6,15H. The van der Waals surface area contributed by atoms with Crippen molar-refractivity contribution in [1.82, 2.24) is 4.98 Å². The molecule has 0 fully saturated rings. The van der Waals surface area contributed by atoms with Gasteiger partial charge >= 0.3 is 0 Å². The van der Waals surface area contributed by atoms with E-state index in [2.05, 4.69) is 4.98 Å². The molecule has 0 spiro atoms. The molecule has 16 heavy (non-hydrogen) atoms. The first kappa shape index (κ1) is 11.2. The summed E-state index contributed by atoms with van der Waals surface area (Å²) in [5, 5.41) is 9.96. The molecule has 1 heterocycles. The maximum Gasteiger partial charge on any atom is 0.157 e. The number of aromatic hydroxyl groups is 1. The number of pyridine rings is 1. The molecule has 0 aliphatic rings. The predicted octanol–water partition coefficient (Wildman–Crippen LogP) is 3.73. The van der Waals surface area contributed by atoms with E-state index in [0.29, 0.717) is 4.90 Å². The number of halogens is 2. The van der Waals surface area contributed by atoms with Crippen molar-refractivity contribution in [1.29, 1.82) is 0 Å². The second kappa shape index (κ2) is 4.72. The number of hydrogen-bond acceptors (Lipinski definition) is 3. The number of hydrogen-bond donors (Lipinski definition) is 1. The largest absolute Gasteiger partial charge is 0.507 e. The fraction of sp³-hybridized carbons (Fsp3) is 0. The summed E-state index contributed by atoms with van der Waals surface area (Å²) in [6, 6.07) is 7.88. The van der Waals surface area contributed by atoms with Gasteiger partial charge in [-0.15, -0.1) is 0 Å². The molecule has 0 bridgehead atoms. The Morgan fingerprint density at radius 2 is 2.06 bits per heavy atom. The Morgan fingerprint density at radius 3 is 2.75 bits per heavy atom. The number of rotatable bonds is 2. The van der Waals surface area contributed by atoms with Crippen LogP contribution in [0.2, 0.25) is 5.02 Å². The van der Waals surface area contributed by atoms with E-state index >= 15 is 0 Å². The van der Waals surface area contributed by atoms with Crippen LogP contribution in [0.5, 0.6) is 5.75 Å². The number of phenolic OH excluding ortho intramolecular Hbond substituents is 1. The van der Waals surface area contributed by atoms with Gasteiger partial charge in [0.2, 0.25) is 0 Å². The molecule has 0 radical (unpaired) electrons. The fourth-order valence-corrected chi connectivity index (χ4v) is 2.06. The quantitative estimate of drug-likeness (QED) is 0.888. The van der Waals surface area contributed by atoms with Crippen LogP contribution < -0.4 is 0 Å².